The number of amidine groups is 1. The highest BCUT2D eigenvalue weighted by Crippen LogP contribution is 2.27. The van der Waals surface area contributed by atoms with E-state index in [-0.39, 0.29) is 0 Å². The number of pyridine rings is 2. The zero-order chi connectivity index (χ0) is 24.0. The Kier molecular flexibility index (Phi) is 6.01. The van der Waals surface area contributed by atoms with E-state index in [1.807, 2.05) is 72.8 Å². The molecule has 2 aromatic heterocycles. The molecule has 0 aliphatic heterocycles. The van der Waals surface area contributed by atoms with Crippen LogP contribution in [0.2, 0.25) is 0 Å². The van der Waals surface area contributed by atoms with E-state index >= 15 is 0 Å². The quantitative estimate of drug-likeness (QED) is 0.174. The highest BCUT2D eigenvalue weighted by Gasteiger charge is 2.06. The molecule has 0 spiro atoms. The maximum absolute atomic E-state index is 9.23. The fourth-order valence-electron chi connectivity index (χ4n) is 3.70. The molecule has 0 aliphatic rings. The minimum Gasteiger partial charge on any atom is -0.355 e. The first kappa shape index (κ1) is 21.6. The van der Waals surface area contributed by atoms with E-state index in [1.54, 1.807) is 30.9 Å². The molecule has 0 saturated heterocycles. The third-order valence-corrected chi connectivity index (χ3v) is 5.44. The summed E-state index contributed by atoms with van der Waals surface area (Å²) in [6.45, 7) is 0. The topological polar surface area (TPSA) is 110 Å². The van der Waals surface area contributed by atoms with Crippen molar-refractivity contribution in [3.8, 4) is 6.07 Å². The molecule has 168 valence electrons. The maximum atomic E-state index is 9.23. The zero-order valence-electron chi connectivity index (χ0n) is 18.7. The summed E-state index contributed by atoms with van der Waals surface area (Å²) in [5.74, 6) is 0.295. The van der Waals surface area contributed by atoms with E-state index < -0.39 is 0 Å². The minimum absolute atomic E-state index is 0.295. The van der Waals surface area contributed by atoms with Gasteiger partial charge in [0.15, 0.2) is 0 Å². The van der Waals surface area contributed by atoms with Gasteiger partial charge in [0.1, 0.15) is 5.84 Å². The van der Waals surface area contributed by atoms with Crippen LogP contribution in [0.4, 0.5) is 28.4 Å². The Balaban J connectivity index is 1.28. The van der Waals surface area contributed by atoms with Crippen molar-refractivity contribution in [1.29, 1.82) is 10.7 Å². The normalized spacial score (nSPS) is 10.4. The molecular weight excluding hydrogens is 434 g/mol. The molecule has 0 saturated carbocycles. The van der Waals surface area contributed by atoms with Gasteiger partial charge in [-0.2, -0.15) is 5.26 Å². The van der Waals surface area contributed by atoms with Crippen LogP contribution in [-0.4, -0.2) is 15.8 Å². The molecule has 0 radical (unpaired) electrons. The Bertz CT molecular complexity index is 1540. The molecule has 2 heterocycles. The number of rotatable bonds is 6. The van der Waals surface area contributed by atoms with Gasteiger partial charge in [0, 0.05) is 57.7 Å². The van der Waals surface area contributed by atoms with Gasteiger partial charge in [-0.3, -0.25) is 15.4 Å². The summed E-state index contributed by atoms with van der Waals surface area (Å²) >= 11 is 0. The molecule has 7 heteroatoms. The lowest BCUT2D eigenvalue weighted by molar-refractivity contribution is 1.32. The summed E-state index contributed by atoms with van der Waals surface area (Å²) < 4.78 is 0. The van der Waals surface area contributed by atoms with Crippen LogP contribution in [0, 0.1) is 16.7 Å². The fourth-order valence-corrected chi connectivity index (χ4v) is 3.70. The fraction of sp³-hybridized carbons (Fsp3) is 0. The molecule has 3 aromatic carbocycles. The third-order valence-electron chi connectivity index (χ3n) is 5.44. The Labute approximate surface area is 202 Å². The van der Waals surface area contributed by atoms with Gasteiger partial charge in [-0.25, -0.2) is 0 Å². The second kappa shape index (κ2) is 9.73. The lowest BCUT2D eigenvalue weighted by Crippen LogP contribution is -2.12. The summed E-state index contributed by atoms with van der Waals surface area (Å²) in [6, 6.07) is 26.9. The summed E-state index contributed by atoms with van der Waals surface area (Å²) in [5, 5.41) is 29.5. The second-order valence-corrected chi connectivity index (χ2v) is 7.88. The molecule has 0 unspecified atom stereocenters. The summed E-state index contributed by atoms with van der Waals surface area (Å²) in [7, 11) is 0. The van der Waals surface area contributed by atoms with Gasteiger partial charge in [0.05, 0.1) is 23.5 Å². The van der Waals surface area contributed by atoms with Crippen LogP contribution in [-0.2, 0) is 0 Å². The van der Waals surface area contributed by atoms with E-state index in [4.69, 9.17) is 5.41 Å². The maximum Gasteiger partial charge on any atom is 0.129 e. The summed E-state index contributed by atoms with van der Waals surface area (Å²) in [6.07, 6.45) is 6.99. The van der Waals surface area contributed by atoms with Crippen LogP contribution >= 0.6 is 0 Å². The zero-order valence-corrected chi connectivity index (χ0v) is 18.7. The van der Waals surface area contributed by atoms with Crippen molar-refractivity contribution in [2.75, 3.05) is 16.0 Å². The molecular formula is C28H21N7. The first-order valence-corrected chi connectivity index (χ1v) is 11.0. The average Bonchev–Trinajstić information content (AvgIpc) is 2.90. The third kappa shape index (κ3) is 5.07. The smallest absolute Gasteiger partial charge is 0.129 e. The summed E-state index contributed by atoms with van der Waals surface area (Å²) in [4.78, 5) is 8.32. The first-order chi connectivity index (χ1) is 17.2. The number of hydrogen-bond donors (Lipinski definition) is 4. The van der Waals surface area contributed by atoms with Crippen molar-refractivity contribution in [3.05, 3.63) is 115 Å². The SMILES string of the molecule is N#Cc1ccc2cncc(Nc3ccc(C(=N)Nc4cccc(Nc5ccncc5)c4)cc3)c2c1. The number of benzene rings is 3. The predicted octanol–water partition coefficient (Wildman–Crippen LogP) is 6.43. The first-order valence-electron chi connectivity index (χ1n) is 11.0. The molecule has 0 fully saturated rings. The molecule has 5 aromatic rings. The van der Waals surface area contributed by atoms with Crippen LogP contribution in [0.1, 0.15) is 11.1 Å². The molecule has 4 N–H and O–H groups in total. The molecule has 7 nitrogen and oxygen atoms in total. The van der Waals surface area contributed by atoms with Crippen molar-refractivity contribution >= 4 is 45.0 Å². The monoisotopic (exact) mass is 455 g/mol. The number of hydrogen-bond acceptors (Lipinski definition) is 6. The molecule has 0 amide bonds. The standard InChI is InChI=1S/C28H21N7/c29-16-19-4-5-21-17-32-18-27(26(21)14-19)34-22-8-6-20(7-9-22)28(30)35-25-3-1-2-24(15-25)33-23-10-12-31-13-11-23/h1-15,17-18,34H,(H2,30,35)(H,31,33). The molecule has 5 rings (SSSR count). The van der Waals surface area contributed by atoms with Crippen LogP contribution in [0.5, 0.6) is 0 Å². The Morgan fingerprint density at radius 1 is 0.743 bits per heavy atom. The van der Waals surface area contributed by atoms with E-state index in [1.165, 1.54) is 0 Å². The minimum atomic E-state index is 0.295. The number of nitrogens with one attached hydrogen (secondary N) is 4. The molecule has 0 aliphatic carbocycles. The molecule has 0 atom stereocenters. The van der Waals surface area contributed by atoms with Crippen molar-refractivity contribution < 1.29 is 0 Å². The van der Waals surface area contributed by atoms with Gasteiger partial charge in [0.2, 0.25) is 0 Å². The van der Waals surface area contributed by atoms with Gasteiger partial charge in [-0.1, -0.05) is 12.1 Å². The van der Waals surface area contributed by atoms with Gasteiger partial charge in [-0.05, 0) is 66.7 Å². The predicted molar refractivity (Wildman–Crippen MR) is 141 cm³/mol. The van der Waals surface area contributed by atoms with Crippen molar-refractivity contribution in [2.24, 2.45) is 0 Å². The Morgan fingerprint density at radius 3 is 2.31 bits per heavy atom. The van der Waals surface area contributed by atoms with Gasteiger partial charge >= 0.3 is 0 Å². The van der Waals surface area contributed by atoms with Crippen molar-refractivity contribution in [2.45, 2.75) is 0 Å². The average molecular weight is 456 g/mol. The van der Waals surface area contributed by atoms with Gasteiger partial charge < -0.3 is 16.0 Å². The molecule has 0 bridgehead atoms. The van der Waals surface area contributed by atoms with Crippen LogP contribution in [0.3, 0.4) is 0 Å². The van der Waals surface area contributed by atoms with E-state index in [9.17, 15) is 5.26 Å². The number of aromatic nitrogens is 2. The highest BCUT2D eigenvalue weighted by atomic mass is 15.0. The van der Waals surface area contributed by atoms with Gasteiger partial charge in [0.25, 0.3) is 0 Å². The lowest BCUT2D eigenvalue weighted by atomic mass is 10.1. The second-order valence-electron chi connectivity index (χ2n) is 7.88. The molecule has 35 heavy (non-hydrogen) atoms. The van der Waals surface area contributed by atoms with E-state index in [0.29, 0.717) is 11.4 Å². The Morgan fingerprint density at radius 2 is 1.51 bits per heavy atom. The number of fused-ring (bicyclic) bond motifs is 1. The van der Waals surface area contributed by atoms with Crippen LogP contribution < -0.4 is 16.0 Å². The van der Waals surface area contributed by atoms with Gasteiger partial charge in [-0.15, -0.1) is 0 Å². The summed E-state index contributed by atoms with van der Waals surface area (Å²) in [5.41, 5.74) is 5.71. The van der Waals surface area contributed by atoms with E-state index in [2.05, 4.69) is 32.0 Å². The van der Waals surface area contributed by atoms with Crippen LogP contribution in [0.25, 0.3) is 10.8 Å². The van der Waals surface area contributed by atoms with Crippen molar-refractivity contribution in [1.82, 2.24) is 9.97 Å². The Hall–Kier alpha value is -5.22. The van der Waals surface area contributed by atoms with Crippen molar-refractivity contribution in [3.63, 3.8) is 0 Å². The number of nitriles is 1. The number of anilines is 5. The number of nitrogens with zero attached hydrogens (tertiary/aromatic N) is 3. The van der Waals surface area contributed by atoms with E-state index in [0.717, 1.165) is 44.8 Å². The lowest BCUT2D eigenvalue weighted by Gasteiger charge is -2.13. The highest BCUT2D eigenvalue weighted by molar-refractivity contribution is 6.06. The largest absolute Gasteiger partial charge is 0.355 e. The van der Waals surface area contributed by atoms with Crippen LogP contribution in [0.15, 0.2) is 104 Å².